The summed E-state index contributed by atoms with van der Waals surface area (Å²) in [6, 6.07) is 17.2. The predicted octanol–water partition coefficient (Wildman–Crippen LogP) is 5.19. The molecule has 1 N–H and O–H groups in total. The predicted molar refractivity (Wildman–Crippen MR) is 123 cm³/mol. The number of esters is 1. The van der Waals surface area contributed by atoms with E-state index in [1.165, 1.54) is 0 Å². The monoisotopic (exact) mass is 431 g/mol. The number of ketones is 1. The number of nitrogens with one attached hydrogen (secondary N) is 1. The minimum atomic E-state index is -0.516. The van der Waals surface area contributed by atoms with Gasteiger partial charge in [0.2, 0.25) is 0 Å². The highest BCUT2D eigenvalue weighted by Gasteiger charge is 2.40. The van der Waals surface area contributed by atoms with Crippen molar-refractivity contribution in [3.05, 3.63) is 88.3 Å². The van der Waals surface area contributed by atoms with Crippen molar-refractivity contribution in [1.82, 2.24) is 5.32 Å². The number of hydrogen-bond donors (Lipinski definition) is 1. The molecule has 0 saturated heterocycles. The maximum atomic E-state index is 13.4. The Morgan fingerprint density at radius 1 is 1.06 bits per heavy atom. The molecular weight excluding hydrogens is 402 g/mol. The number of Topliss-reactive ketones (excluding diaryl/α,β-unsaturated/α-hetero) is 1. The Morgan fingerprint density at radius 2 is 1.78 bits per heavy atom. The molecule has 0 saturated carbocycles. The van der Waals surface area contributed by atoms with Crippen molar-refractivity contribution in [3.8, 4) is 5.75 Å². The number of dihydropyridines is 1. The Kier molecular flexibility index (Phi) is 6.45. The first-order chi connectivity index (χ1) is 15.5. The quantitative estimate of drug-likeness (QED) is 0.638. The molecule has 1 heterocycles. The van der Waals surface area contributed by atoms with E-state index in [1.807, 2.05) is 75.4 Å². The van der Waals surface area contributed by atoms with Gasteiger partial charge < -0.3 is 14.8 Å². The Labute approximate surface area is 189 Å². The third-order valence-electron chi connectivity index (χ3n) is 5.80. The van der Waals surface area contributed by atoms with Gasteiger partial charge in [-0.15, -0.1) is 0 Å². The lowest BCUT2D eigenvalue weighted by atomic mass is 9.75. The molecule has 4 rings (SSSR count). The van der Waals surface area contributed by atoms with E-state index in [0.717, 1.165) is 35.4 Å². The molecule has 0 aromatic heterocycles. The number of hydrogen-bond acceptors (Lipinski definition) is 5. The number of carbonyl (C=O) groups excluding carboxylic acids is 2. The fraction of sp³-hybridized carbons (Fsp3) is 0.333. The molecule has 166 valence electrons. The summed E-state index contributed by atoms with van der Waals surface area (Å²) in [6.07, 6.45) is 2.04. The topological polar surface area (TPSA) is 64.6 Å². The van der Waals surface area contributed by atoms with Gasteiger partial charge in [-0.25, -0.2) is 4.79 Å². The molecule has 1 atom stereocenters. The molecule has 2 aromatic rings. The van der Waals surface area contributed by atoms with Crippen LogP contribution in [0.2, 0.25) is 0 Å². The summed E-state index contributed by atoms with van der Waals surface area (Å²) in [6.45, 7) is 5.98. The van der Waals surface area contributed by atoms with Crippen LogP contribution in [0.25, 0.3) is 0 Å². The second kappa shape index (κ2) is 9.43. The highest BCUT2D eigenvalue weighted by molar-refractivity contribution is 6.04. The molecule has 5 nitrogen and oxygen atoms in total. The zero-order valence-corrected chi connectivity index (χ0v) is 18.8. The maximum absolute atomic E-state index is 13.4. The lowest BCUT2D eigenvalue weighted by Crippen LogP contribution is -2.34. The molecule has 0 spiro atoms. The van der Waals surface area contributed by atoms with E-state index in [9.17, 15) is 9.59 Å². The number of carbonyl (C=O) groups is 2. The zero-order chi connectivity index (χ0) is 22.7. The van der Waals surface area contributed by atoms with Gasteiger partial charge in [-0.2, -0.15) is 0 Å². The van der Waals surface area contributed by atoms with Crippen LogP contribution in [0.3, 0.4) is 0 Å². The van der Waals surface area contributed by atoms with Crippen molar-refractivity contribution in [2.75, 3.05) is 0 Å². The summed E-state index contributed by atoms with van der Waals surface area (Å²) in [7, 11) is 0. The van der Waals surface area contributed by atoms with Crippen molar-refractivity contribution < 1.29 is 19.1 Å². The van der Waals surface area contributed by atoms with Crippen LogP contribution >= 0.6 is 0 Å². The zero-order valence-electron chi connectivity index (χ0n) is 18.8. The van der Waals surface area contributed by atoms with Crippen LogP contribution < -0.4 is 10.1 Å². The first kappa shape index (κ1) is 21.9. The molecule has 32 heavy (non-hydrogen) atoms. The largest absolute Gasteiger partial charge is 0.491 e. The highest BCUT2D eigenvalue weighted by Crippen LogP contribution is 2.45. The fourth-order valence-electron chi connectivity index (χ4n) is 4.45. The number of rotatable bonds is 6. The molecule has 0 amide bonds. The van der Waals surface area contributed by atoms with Crippen LogP contribution in [0.1, 0.15) is 57.1 Å². The van der Waals surface area contributed by atoms with E-state index in [4.69, 9.17) is 9.47 Å². The Balaban J connectivity index is 1.76. The molecule has 2 aromatic carbocycles. The minimum absolute atomic E-state index is 0.0352. The second-order valence-electron chi connectivity index (χ2n) is 8.53. The minimum Gasteiger partial charge on any atom is -0.491 e. The maximum Gasteiger partial charge on any atom is 0.337 e. The van der Waals surface area contributed by atoms with Crippen LogP contribution in [0.15, 0.2) is 77.1 Å². The number of para-hydroxylation sites is 1. The molecule has 0 bridgehead atoms. The lowest BCUT2D eigenvalue weighted by Gasteiger charge is -2.35. The van der Waals surface area contributed by atoms with Crippen LogP contribution in [0.5, 0.6) is 5.75 Å². The van der Waals surface area contributed by atoms with E-state index >= 15 is 0 Å². The third kappa shape index (κ3) is 4.47. The summed E-state index contributed by atoms with van der Waals surface area (Å²) in [5, 5.41) is 3.33. The molecule has 1 unspecified atom stereocenters. The van der Waals surface area contributed by atoms with Crippen LogP contribution in [0, 0.1) is 0 Å². The van der Waals surface area contributed by atoms with E-state index in [2.05, 4.69) is 5.32 Å². The first-order valence-corrected chi connectivity index (χ1v) is 11.2. The smallest absolute Gasteiger partial charge is 0.337 e. The van der Waals surface area contributed by atoms with Crippen molar-refractivity contribution >= 4 is 11.8 Å². The van der Waals surface area contributed by atoms with Gasteiger partial charge in [0.25, 0.3) is 0 Å². The normalized spacial score (nSPS) is 18.4. The molecule has 0 radical (unpaired) electrons. The summed E-state index contributed by atoms with van der Waals surface area (Å²) in [5.41, 5.74) is 4.49. The molecule has 2 aliphatic rings. The summed E-state index contributed by atoms with van der Waals surface area (Å²) in [4.78, 5) is 26.5. The Morgan fingerprint density at radius 3 is 2.53 bits per heavy atom. The Bertz CT molecular complexity index is 1080. The van der Waals surface area contributed by atoms with Gasteiger partial charge in [0.15, 0.2) is 5.78 Å². The third-order valence-corrected chi connectivity index (χ3v) is 5.80. The van der Waals surface area contributed by atoms with Gasteiger partial charge in [-0.1, -0.05) is 48.5 Å². The molecular formula is C27H29NO4. The van der Waals surface area contributed by atoms with Gasteiger partial charge in [-0.05, 0) is 45.2 Å². The van der Waals surface area contributed by atoms with Gasteiger partial charge >= 0.3 is 5.97 Å². The first-order valence-electron chi connectivity index (χ1n) is 11.2. The summed E-state index contributed by atoms with van der Waals surface area (Å²) in [5.74, 6) is -0.185. The van der Waals surface area contributed by atoms with Crippen LogP contribution in [-0.4, -0.2) is 17.9 Å². The molecule has 1 aliphatic carbocycles. The van der Waals surface area contributed by atoms with Crippen molar-refractivity contribution in [1.29, 1.82) is 0 Å². The average Bonchev–Trinajstić information content (AvgIpc) is 2.77. The summed E-state index contributed by atoms with van der Waals surface area (Å²) < 4.78 is 11.8. The fourth-order valence-corrected chi connectivity index (χ4v) is 4.45. The molecule has 5 heteroatoms. The Hall–Kier alpha value is -3.34. The van der Waals surface area contributed by atoms with Gasteiger partial charge in [0.05, 0.1) is 17.6 Å². The molecule has 0 fully saturated rings. The number of ether oxygens (including phenoxy) is 2. The average molecular weight is 432 g/mol. The van der Waals surface area contributed by atoms with Crippen molar-refractivity contribution in [3.63, 3.8) is 0 Å². The summed E-state index contributed by atoms with van der Waals surface area (Å²) >= 11 is 0. The van der Waals surface area contributed by atoms with E-state index in [1.54, 1.807) is 0 Å². The van der Waals surface area contributed by atoms with E-state index in [0.29, 0.717) is 23.3 Å². The number of benzene rings is 2. The van der Waals surface area contributed by atoms with Crippen LogP contribution in [-0.2, 0) is 20.9 Å². The van der Waals surface area contributed by atoms with Crippen molar-refractivity contribution in [2.24, 2.45) is 0 Å². The SMILES string of the molecule is CC1=C(C(=O)OCc2ccccc2)C(c2ccccc2OC(C)C)C2=C(CCCC2=O)N1. The number of allylic oxidation sites excluding steroid dienone is 3. The van der Waals surface area contributed by atoms with Crippen LogP contribution in [0.4, 0.5) is 0 Å². The lowest BCUT2D eigenvalue weighted by molar-refractivity contribution is -0.140. The van der Waals surface area contributed by atoms with Gasteiger partial charge in [0, 0.05) is 29.0 Å². The van der Waals surface area contributed by atoms with E-state index < -0.39 is 11.9 Å². The van der Waals surface area contributed by atoms with Gasteiger partial charge in [-0.3, -0.25) is 4.79 Å². The van der Waals surface area contributed by atoms with Gasteiger partial charge in [0.1, 0.15) is 12.4 Å². The highest BCUT2D eigenvalue weighted by atomic mass is 16.5. The van der Waals surface area contributed by atoms with E-state index in [-0.39, 0.29) is 18.5 Å². The molecule has 1 aliphatic heterocycles. The standard InChI is InChI=1S/C27H29NO4/c1-17(2)32-23-15-8-7-12-20(23)25-24(27(30)31-16-19-10-5-4-6-11-19)18(3)28-21-13-9-14-22(29)26(21)25/h4-8,10-12,15,17,25,28H,9,13-14,16H2,1-3H3. The second-order valence-corrected chi connectivity index (χ2v) is 8.53. The van der Waals surface area contributed by atoms with Crippen molar-refractivity contribution in [2.45, 2.75) is 58.7 Å².